The van der Waals surface area contributed by atoms with Gasteiger partial charge in [-0.25, -0.2) is 13.8 Å². The van der Waals surface area contributed by atoms with Crippen molar-refractivity contribution in [3.8, 4) is 6.07 Å². The van der Waals surface area contributed by atoms with Crippen LogP contribution >= 0.6 is 15.9 Å². The smallest absolute Gasteiger partial charge is 0.261 e. The SMILES string of the molecule is N#Cc1cc2c(Br)c(NC3CCC(N4CCC(F)(F)C4)CC3)ncc2o1. The fraction of sp³-hybridized carbons (Fsp3) is 0.556. The molecule has 1 N–H and O–H groups in total. The zero-order chi connectivity index (χ0) is 18.3. The molecule has 0 radical (unpaired) electrons. The summed E-state index contributed by atoms with van der Waals surface area (Å²) in [6, 6.07) is 4.20. The number of anilines is 1. The van der Waals surface area contributed by atoms with Gasteiger partial charge in [0.05, 0.1) is 17.2 Å². The van der Waals surface area contributed by atoms with E-state index < -0.39 is 5.92 Å². The van der Waals surface area contributed by atoms with Crippen molar-refractivity contribution >= 4 is 32.7 Å². The zero-order valence-corrected chi connectivity index (χ0v) is 15.7. The van der Waals surface area contributed by atoms with Crippen molar-refractivity contribution in [2.24, 2.45) is 0 Å². The summed E-state index contributed by atoms with van der Waals surface area (Å²) in [4.78, 5) is 6.34. The predicted octanol–water partition coefficient (Wildman–Crippen LogP) is 4.53. The van der Waals surface area contributed by atoms with Crippen molar-refractivity contribution in [1.82, 2.24) is 9.88 Å². The highest BCUT2D eigenvalue weighted by Crippen LogP contribution is 2.35. The van der Waals surface area contributed by atoms with Gasteiger partial charge in [-0.05, 0) is 41.6 Å². The molecule has 0 atom stereocenters. The first-order valence-corrected chi connectivity index (χ1v) is 9.61. The van der Waals surface area contributed by atoms with E-state index in [-0.39, 0.29) is 30.8 Å². The van der Waals surface area contributed by atoms with Crippen LogP contribution in [0.3, 0.4) is 0 Å². The lowest BCUT2D eigenvalue weighted by Crippen LogP contribution is -2.40. The molecule has 1 saturated carbocycles. The fourth-order valence-electron chi connectivity index (χ4n) is 3.99. The number of nitrogens with one attached hydrogen (secondary N) is 1. The molecular formula is C18H19BrF2N4O. The molecule has 4 rings (SSSR count). The first kappa shape index (κ1) is 17.7. The number of halogens is 3. The Hall–Kier alpha value is -1.72. The number of furan rings is 1. The molecule has 3 heterocycles. The Morgan fingerprint density at radius 1 is 1.35 bits per heavy atom. The minimum Gasteiger partial charge on any atom is -0.444 e. The van der Waals surface area contributed by atoms with Crippen molar-refractivity contribution in [2.45, 2.75) is 50.1 Å². The second-order valence-electron chi connectivity index (χ2n) is 7.15. The lowest BCUT2D eigenvalue weighted by atomic mass is 9.90. The Kier molecular flexibility index (Phi) is 4.61. The van der Waals surface area contributed by atoms with Crippen molar-refractivity contribution in [3.63, 3.8) is 0 Å². The Balaban J connectivity index is 1.39. The summed E-state index contributed by atoms with van der Waals surface area (Å²) < 4.78 is 33.0. The van der Waals surface area contributed by atoms with E-state index in [4.69, 9.17) is 9.68 Å². The quantitative estimate of drug-likeness (QED) is 0.783. The summed E-state index contributed by atoms with van der Waals surface area (Å²) >= 11 is 3.54. The largest absolute Gasteiger partial charge is 0.444 e. The average Bonchev–Trinajstić information content (AvgIpc) is 3.21. The van der Waals surface area contributed by atoms with Crippen molar-refractivity contribution in [1.29, 1.82) is 5.26 Å². The van der Waals surface area contributed by atoms with Gasteiger partial charge in [0.2, 0.25) is 5.76 Å². The number of hydrogen-bond donors (Lipinski definition) is 1. The van der Waals surface area contributed by atoms with Gasteiger partial charge in [-0.3, -0.25) is 4.90 Å². The van der Waals surface area contributed by atoms with E-state index in [1.165, 1.54) is 0 Å². The minimum absolute atomic E-state index is 0.0164. The van der Waals surface area contributed by atoms with E-state index in [1.54, 1.807) is 12.3 Å². The topological polar surface area (TPSA) is 65.1 Å². The summed E-state index contributed by atoms with van der Waals surface area (Å²) in [5.41, 5.74) is 0.567. The molecule has 0 aromatic carbocycles. The highest BCUT2D eigenvalue weighted by Gasteiger charge is 2.41. The third-order valence-corrected chi connectivity index (χ3v) is 6.18. The number of likely N-dealkylation sites (tertiary alicyclic amines) is 1. The molecule has 1 aliphatic carbocycles. The van der Waals surface area contributed by atoms with Crippen molar-refractivity contribution in [2.75, 3.05) is 18.4 Å². The standard InChI is InChI=1S/C18H19BrF2N4O/c19-16-14-7-13(8-22)26-15(14)9-23-17(16)24-11-1-3-12(4-2-11)25-6-5-18(20,21)10-25/h7,9,11-12H,1-6,10H2,(H,23,24). The fourth-order valence-corrected chi connectivity index (χ4v) is 4.52. The van der Waals surface area contributed by atoms with Crippen LogP contribution < -0.4 is 5.32 Å². The molecule has 26 heavy (non-hydrogen) atoms. The van der Waals surface area contributed by atoms with Gasteiger partial charge in [-0.1, -0.05) is 0 Å². The Labute approximate surface area is 158 Å². The molecule has 1 saturated heterocycles. The van der Waals surface area contributed by atoms with E-state index in [2.05, 4.69) is 26.2 Å². The number of alkyl halides is 2. The molecule has 0 bridgehead atoms. The molecule has 2 aromatic heterocycles. The van der Waals surface area contributed by atoms with Crippen LogP contribution in [-0.4, -0.2) is 41.0 Å². The van der Waals surface area contributed by atoms with Gasteiger partial charge >= 0.3 is 0 Å². The Morgan fingerprint density at radius 3 is 2.77 bits per heavy atom. The lowest BCUT2D eigenvalue weighted by molar-refractivity contribution is 0.00535. The molecule has 8 heteroatoms. The Morgan fingerprint density at radius 2 is 2.12 bits per heavy atom. The maximum atomic E-state index is 13.4. The van der Waals surface area contributed by atoms with Crippen LogP contribution in [0.15, 0.2) is 21.2 Å². The second kappa shape index (κ2) is 6.78. The summed E-state index contributed by atoms with van der Waals surface area (Å²) in [7, 11) is 0. The number of aromatic nitrogens is 1. The van der Waals surface area contributed by atoms with Crippen LogP contribution in [0.5, 0.6) is 0 Å². The monoisotopic (exact) mass is 424 g/mol. The van der Waals surface area contributed by atoms with Crippen LogP contribution in [0, 0.1) is 11.3 Å². The molecule has 1 aliphatic heterocycles. The molecule has 0 amide bonds. The molecule has 0 unspecified atom stereocenters. The van der Waals surface area contributed by atoms with E-state index >= 15 is 0 Å². The predicted molar refractivity (Wildman–Crippen MR) is 97.2 cm³/mol. The van der Waals surface area contributed by atoms with Crippen molar-refractivity contribution < 1.29 is 13.2 Å². The number of hydrogen-bond acceptors (Lipinski definition) is 5. The zero-order valence-electron chi connectivity index (χ0n) is 14.1. The Bertz CT molecular complexity index is 855. The van der Waals surface area contributed by atoms with Gasteiger partial charge in [0.1, 0.15) is 11.9 Å². The third-order valence-electron chi connectivity index (χ3n) is 5.38. The second-order valence-corrected chi connectivity index (χ2v) is 7.94. The first-order valence-electron chi connectivity index (χ1n) is 8.82. The van der Waals surface area contributed by atoms with Gasteiger partial charge in [0.25, 0.3) is 5.92 Å². The van der Waals surface area contributed by atoms with Gasteiger partial charge in [-0.15, -0.1) is 0 Å². The number of nitrogens with zero attached hydrogens (tertiary/aromatic N) is 3. The summed E-state index contributed by atoms with van der Waals surface area (Å²) in [5, 5.41) is 13.2. The average molecular weight is 425 g/mol. The number of nitriles is 1. The van der Waals surface area contributed by atoms with E-state index in [0.29, 0.717) is 12.1 Å². The van der Waals surface area contributed by atoms with E-state index in [0.717, 1.165) is 41.4 Å². The third kappa shape index (κ3) is 3.42. The van der Waals surface area contributed by atoms with Crippen LogP contribution in [0.1, 0.15) is 37.9 Å². The molecule has 138 valence electrons. The minimum atomic E-state index is -2.52. The van der Waals surface area contributed by atoms with Crippen LogP contribution in [0.25, 0.3) is 11.0 Å². The maximum absolute atomic E-state index is 13.4. The molecule has 5 nitrogen and oxygen atoms in total. The van der Waals surface area contributed by atoms with Gasteiger partial charge in [0, 0.05) is 36.5 Å². The number of fused-ring (bicyclic) bond motifs is 1. The van der Waals surface area contributed by atoms with Crippen LogP contribution in [0.2, 0.25) is 0 Å². The van der Waals surface area contributed by atoms with Crippen LogP contribution in [0.4, 0.5) is 14.6 Å². The number of rotatable bonds is 3. The summed E-state index contributed by atoms with van der Waals surface area (Å²) in [6.45, 7) is 0.405. The van der Waals surface area contributed by atoms with Crippen molar-refractivity contribution in [3.05, 3.63) is 22.5 Å². The highest BCUT2D eigenvalue weighted by atomic mass is 79.9. The normalized spacial score (nSPS) is 26.1. The lowest BCUT2D eigenvalue weighted by Gasteiger charge is -2.35. The first-order chi connectivity index (χ1) is 12.4. The number of pyridine rings is 1. The van der Waals surface area contributed by atoms with Gasteiger partial charge < -0.3 is 9.73 Å². The highest BCUT2D eigenvalue weighted by molar-refractivity contribution is 9.10. The molecular weight excluding hydrogens is 406 g/mol. The van der Waals surface area contributed by atoms with Crippen LogP contribution in [-0.2, 0) is 0 Å². The molecule has 2 aromatic rings. The van der Waals surface area contributed by atoms with E-state index in [9.17, 15) is 8.78 Å². The van der Waals surface area contributed by atoms with Gasteiger partial charge in [-0.2, -0.15) is 5.26 Å². The van der Waals surface area contributed by atoms with E-state index in [1.807, 2.05) is 11.0 Å². The molecule has 2 aliphatic rings. The summed E-state index contributed by atoms with van der Waals surface area (Å²) in [6.07, 6.45) is 5.27. The summed E-state index contributed by atoms with van der Waals surface area (Å²) in [5.74, 6) is -1.55. The maximum Gasteiger partial charge on any atom is 0.261 e. The molecule has 0 spiro atoms. The molecule has 2 fully saturated rings. The van der Waals surface area contributed by atoms with Gasteiger partial charge in [0.15, 0.2) is 5.58 Å².